The van der Waals surface area contributed by atoms with Gasteiger partial charge in [-0.15, -0.1) is 0 Å². The predicted molar refractivity (Wildman–Crippen MR) is 60.3 cm³/mol. The lowest BCUT2D eigenvalue weighted by atomic mass is 10.3. The molecule has 0 unspecified atom stereocenters. The van der Waals surface area contributed by atoms with Crippen LogP contribution in [-0.4, -0.2) is 48.0 Å². The van der Waals surface area contributed by atoms with Crippen LogP contribution in [0.4, 0.5) is 13.2 Å². The molecule has 0 aliphatic rings. The summed E-state index contributed by atoms with van der Waals surface area (Å²) >= 11 is 0. The molecule has 0 fully saturated rings. The average Bonchev–Trinajstić information content (AvgIpc) is 2.35. The van der Waals surface area contributed by atoms with Crippen molar-refractivity contribution in [1.82, 2.24) is 15.2 Å². The first-order chi connectivity index (χ1) is 8.79. The molecule has 0 atom stereocenters. The second-order valence-electron chi connectivity index (χ2n) is 3.77. The normalized spacial score (nSPS) is 10.9. The number of amides is 2. The van der Waals surface area contributed by atoms with Gasteiger partial charge in [0, 0.05) is 13.2 Å². The van der Waals surface area contributed by atoms with Gasteiger partial charge in [-0.2, -0.15) is 13.2 Å². The highest BCUT2D eigenvalue weighted by atomic mass is 19.4. The smallest absolute Gasteiger partial charge is 0.345 e. The van der Waals surface area contributed by atoms with Crippen LogP contribution in [0.3, 0.4) is 0 Å². The lowest BCUT2D eigenvalue weighted by molar-refractivity contribution is -0.138. The fourth-order valence-corrected chi connectivity index (χ4v) is 1.23. The molecule has 8 heteroatoms. The summed E-state index contributed by atoms with van der Waals surface area (Å²) in [5.74, 6) is -1.42. The van der Waals surface area contributed by atoms with Gasteiger partial charge in [-0.05, 0) is 12.1 Å². The highest BCUT2D eigenvalue weighted by Gasteiger charge is 2.28. The van der Waals surface area contributed by atoms with Crippen molar-refractivity contribution >= 4 is 11.8 Å². The summed E-state index contributed by atoms with van der Waals surface area (Å²) in [5, 5.41) is 1.68. The highest BCUT2D eigenvalue weighted by molar-refractivity contribution is 5.94. The number of halogens is 3. The van der Waals surface area contributed by atoms with Crippen molar-refractivity contribution in [3.8, 4) is 0 Å². The summed E-state index contributed by atoms with van der Waals surface area (Å²) < 4.78 is 35.6. The van der Waals surface area contributed by atoms with E-state index < -0.39 is 31.1 Å². The Morgan fingerprint density at radius 1 is 1.37 bits per heavy atom. The number of nitrogens with zero attached hydrogens (tertiary/aromatic N) is 2. The van der Waals surface area contributed by atoms with Crippen LogP contribution >= 0.6 is 0 Å². The first-order valence-electron chi connectivity index (χ1n) is 5.29. The first kappa shape index (κ1) is 14.9. The van der Waals surface area contributed by atoms with Gasteiger partial charge < -0.3 is 10.2 Å². The SMILES string of the molecule is CN(CC(=O)NCC(F)(F)F)C(=O)c1ccccn1. The number of hydrogen-bond acceptors (Lipinski definition) is 3. The summed E-state index contributed by atoms with van der Waals surface area (Å²) in [4.78, 5) is 27.7. The maximum absolute atomic E-state index is 11.9. The molecule has 0 radical (unpaired) electrons. The van der Waals surface area contributed by atoms with Crippen molar-refractivity contribution < 1.29 is 22.8 Å². The summed E-state index contributed by atoms with van der Waals surface area (Å²) in [7, 11) is 1.31. The molecule has 0 aliphatic heterocycles. The maximum atomic E-state index is 11.9. The second kappa shape index (κ2) is 6.17. The quantitative estimate of drug-likeness (QED) is 0.885. The molecule has 2 amide bonds. The number of pyridine rings is 1. The highest BCUT2D eigenvalue weighted by Crippen LogP contribution is 2.12. The Hall–Kier alpha value is -2.12. The van der Waals surface area contributed by atoms with Gasteiger partial charge in [0.05, 0.1) is 6.54 Å². The third kappa shape index (κ3) is 5.36. The van der Waals surface area contributed by atoms with E-state index in [1.807, 2.05) is 0 Å². The van der Waals surface area contributed by atoms with Gasteiger partial charge in [-0.1, -0.05) is 6.07 Å². The van der Waals surface area contributed by atoms with Crippen molar-refractivity contribution in [2.24, 2.45) is 0 Å². The number of rotatable bonds is 4. The third-order valence-electron chi connectivity index (χ3n) is 2.10. The van der Waals surface area contributed by atoms with Gasteiger partial charge >= 0.3 is 6.18 Å². The molecule has 1 aromatic heterocycles. The van der Waals surface area contributed by atoms with E-state index in [0.717, 1.165) is 4.90 Å². The van der Waals surface area contributed by atoms with Crippen LogP contribution in [0.25, 0.3) is 0 Å². The van der Waals surface area contributed by atoms with Crippen molar-refractivity contribution in [2.75, 3.05) is 20.1 Å². The Labute approximate surface area is 107 Å². The summed E-state index contributed by atoms with van der Waals surface area (Å²) in [6.07, 6.45) is -3.07. The zero-order valence-electron chi connectivity index (χ0n) is 10.1. The summed E-state index contributed by atoms with van der Waals surface area (Å²) in [6.45, 7) is -1.89. The zero-order chi connectivity index (χ0) is 14.5. The van der Waals surface area contributed by atoms with E-state index in [1.165, 1.54) is 19.3 Å². The number of likely N-dealkylation sites (N-methyl/N-ethyl adjacent to an activating group) is 1. The van der Waals surface area contributed by atoms with Crippen LogP contribution in [0.2, 0.25) is 0 Å². The standard InChI is InChI=1S/C11H12F3N3O2/c1-17(6-9(18)16-7-11(12,13)14)10(19)8-4-2-3-5-15-8/h2-5H,6-7H2,1H3,(H,16,18). The molecule has 0 saturated heterocycles. The molecular weight excluding hydrogens is 263 g/mol. The molecule has 0 aromatic carbocycles. The Balaban J connectivity index is 2.49. The van der Waals surface area contributed by atoms with Gasteiger partial charge in [-0.25, -0.2) is 0 Å². The van der Waals surface area contributed by atoms with Crippen molar-refractivity contribution in [2.45, 2.75) is 6.18 Å². The second-order valence-corrected chi connectivity index (χ2v) is 3.77. The molecule has 1 N–H and O–H groups in total. The van der Waals surface area contributed by atoms with Crippen LogP contribution in [0.1, 0.15) is 10.5 Å². The fraction of sp³-hybridized carbons (Fsp3) is 0.364. The minimum Gasteiger partial charge on any atom is -0.345 e. The zero-order valence-corrected chi connectivity index (χ0v) is 10.1. The van der Waals surface area contributed by atoms with Crippen LogP contribution in [-0.2, 0) is 4.79 Å². The number of nitrogens with one attached hydrogen (secondary N) is 1. The molecule has 5 nitrogen and oxygen atoms in total. The number of carbonyl (C=O) groups is 2. The van der Waals surface area contributed by atoms with Gasteiger partial charge in [-0.3, -0.25) is 14.6 Å². The summed E-state index contributed by atoms with van der Waals surface area (Å²) in [6, 6.07) is 4.66. The van der Waals surface area contributed by atoms with Gasteiger partial charge in [0.25, 0.3) is 5.91 Å². The van der Waals surface area contributed by atoms with E-state index in [9.17, 15) is 22.8 Å². The predicted octanol–water partition coefficient (Wildman–Crippen LogP) is 0.832. The van der Waals surface area contributed by atoms with Crippen molar-refractivity contribution in [3.63, 3.8) is 0 Å². The van der Waals surface area contributed by atoms with E-state index in [2.05, 4.69) is 4.98 Å². The van der Waals surface area contributed by atoms with E-state index in [1.54, 1.807) is 17.4 Å². The van der Waals surface area contributed by atoms with Crippen LogP contribution in [0, 0.1) is 0 Å². The van der Waals surface area contributed by atoms with Crippen molar-refractivity contribution in [1.29, 1.82) is 0 Å². The number of aromatic nitrogens is 1. The molecule has 19 heavy (non-hydrogen) atoms. The molecule has 1 aromatic rings. The van der Waals surface area contributed by atoms with Crippen LogP contribution < -0.4 is 5.32 Å². The van der Waals surface area contributed by atoms with E-state index in [4.69, 9.17) is 0 Å². The molecule has 0 spiro atoms. The van der Waals surface area contributed by atoms with Crippen LogP contribution in [0.5, 0.6) is 0 Å². The molecule has 1 rings (SSSR count). The number of alkyl halides is 3. The molecular formula is C11H12F3N3O2. The van der Waals surface area contributed by atoms with E-state index in [0.29, 0.717) is 0 Å². The Morgan fingerprint density at radius 2 is 2.05 bits per heavy atom. The lowest BCUT2D eigenvalue weighted by Crippen LogP contribution is -2.41. The topological polar surface area (TPSA) is 62.3 Å². The monoisotopic (exact) mass is 275 g/mol. The molecule has 0 saturated carbocycles. The lowest BCUT2D eigenvalue weighted by Gasteiger charge is -2.16. The molecule has 0 bridgehead atoms. The molecule has 0 aliphatic carbocycles. The van der Waals surface area contributed by atoms with E-state index in [-0.39, 0.29) is 5.69 Å². The largest absolute Gasteiger partial charge is 0.405 e. The summed E-state index contributed by atoms with van der Waals surface area (Å²) in [5.41, 5.74) is 0.119. The van der Waals surface area contributed by atoms with Crippen LogP contribution in [0.15, 0.2) is 24.4 Å². The van der Waals surface area contributed by atoms with Gasteiger partial charge in [0.15, 0.2) is 0 Å². The van der Waals surface area contributed by atoms with Crippen molar-refractivity contribution in [3.05, 3.63) is 30.1 Å². The number of hydrogen-bond donors (Lipinski definition) is 1. The average molecular weight is 275 g/mol. The Kier molecular flexibility index (Phi) is 4.85. The minimum atomic E-state index is -4.47. The Bertz CT molecular complexity index is 448. The van der Waals surface area contributed by atoms with Gasteiger partial charge in [0.2, 0.25) is 5.91 Å². The third-order valence-corrected chi connectivity index (χ3v) is 2.10. The number of carbonyl (C=O) groups excluding carboxylic acids is 2. The Morgan fingerprint density at radius 3 is 2.58 bits per heavy atom. The molecule has 1 heterocycles. The maximum Gasteiger partial charge on any atom is 0.405 e. The first-order valence-corrected chi connectivity index (χ1v) is 5.29. The molecule has 104 valence electrons. The van der Waals surface area contributed by atoms with E-state index >= 15 is 0 Å². The fourth-order valence-electron chi connectivity index (χ4n) is 1.23. The minimum absolute atomic E-state index is 0.119. The van der Waals surface area contributed by atoms with Gasteiger partial charge in [0.1, 0.15) is 12.2 Å².